The molecule has 0 saturated carbocycles. The van der Waals surface area contributed by atoms with Crippen LogP contribution in [-0.2, 0) is 25.5 Å². The normalized spacial score (nSPS) is 11.1. The van der Waals surface area contributed by atoms with Gasteiger partial charge in [0.1, 0.15) is 18.0 Å². The molecular formula is C25H27ClN6O3S. The van der Waals surface area contributed by atoms with Crippen molar-refractivity contribution in [3.05, 3.63) is 80.5 Å². The summed E-state index contributed by atoms with van der Waals surface area (Å²) in [4.78, 5) is 25.7. The molecule has 9 nitrogen and oxygen atoms in total. The number of rotatable bonds is 8. The van der Waals surface area contributed by atoms with Crippen molar-refractivity contribution in [2.75, 3.05) is 11.1 Å². The lowest BCUT2D eigenvalue weighted by atomic mass is 10.1. The second-order valence-corrected chi connectivity index (χ2v) is 9.71. The largest absolute Gasteiger partial charge is 0.486 e. The first kappa shape index (κ1) is 25.6. The quantitative estimate of drug-likeness (QED) is 0.346. The molecule has 0 fully saturated rings. The number of anilines is 1. The Kier molecular flexibility index (Phi) is 7.56. The molecule has 1 amide bonds. The van der Waals surface area contributed by atoms with E-state index < -0.39 is 0 Å². The van der Waals surface area contributed by atoms with Crippen molar-refractivity contribution in [2.24, 2.45) is 14.1 Å². The zero-order valence-electron chi connectivity index (χ0n) is 20.7. The van der Waals surface area contributed by atoms with E-state index in [4.69, 9.17) is 16.3 Å². The van der Waals surface area contributed by atoms with Gasteiger partial charge in [-0.2, -0.15) is 0 Å². The molecular weight excluding hydrogens is 500 g/mol. The monoisotopic (exact) mass is 526 g/mol. The summed E-state index contributed by atoms with van der Waals surface area (Å²) < 4.78 is 10.9. The van der Waals surface area contributed by atoms with E-state index >= 15 is 0 Å². The van der Waals surface area contributed by atoms with E-state index in [1.165, 1.54) is 16.4 Å². The van der Waals surface area contributed by atoms with Crippen molar-refractivity contribution in [1.82, 2.24) is 24.1 Å². The van der Waals surface area contributed by atoms with Gasteiger partial charge in [-0.1, -0.05) is 41.6 Å². The fraction of sp³-hybridized carbons (Fsp3) is 0.280. The van der Waals surface area contributed by atoms with Crippen LogP contribution in [0, 0.1) is 20.8 Å². The number of carbonyl (C=O) groups is 1. The summed E-state index contributed by atoms with van der Waals surface area (Å²) in [7, 11) is 3.60. The van der Waals surface area contributed by atoms with Gasteiger partial charge in [0.05, 0.1) is 17.1 Å². The lowest BCUT2D eigenvalue weighted by Crippen LogP contribution is -2.23. The van der Waals surface area contributed by atoms with Crippen LogP contribution in [0.3, 0.4) is 0 Å². The first-order valence-corrected chi connectivity index (χ1v) is 12.6. The lowest BCUT2D eigenvalue weighted by Gasteiger charge is -2.10. The lowest BCUT2D eigenvalue weighted by molar-refractivity contribution is -0.113. The Morgan fingerprint density at radius 3 is 2.42 bits per heavy atom. The second kappa shape index (κ2) is 10.6. The topological polar surface area (TPSA) is 96.0 Å². The number of benzene rings is 2. The minimum Gasteiger partial charge on any atom is -0.486 e. The number of hydrogen-bond acceptors (Lipinski definition) is 6. The maximum Gasteiger partial charge on any atom is 0.295 e. The van der Waals surface area contributed by atoms with E-state index in [1.54, 1.807) is 23.2 Å². The average molecular weight is 527 g/mol. The van der Waals surface area contributed by atoms with Crippen LogP contribution in [0.25, 0.3) is 5.69 Å². The molecule has 0 spiro atoms. The molecule has 0 radical (unpaired) electrons. The summed E-state index contributed by atoms with van der Waals surface area (Å²) in [5.74, 6) is 1.08. The Hall–Kier alpha value is -3.50. The minimum atomic E-state index is -0.307. The zero-order valence-corrected chi connectivity index (χ0v) is 22.3. The fourth-order valence-electron chi connectivity index (χ4n) is 3.75. The maximum absolute atomic E-state index is 13.0. The van der Waals surface area contributed by atoms with E-state index in [2.05, 4.69) is 15.5 Å². The number of halogens is 1. The van der Waals surface area contributed by atoms with Gasteiger partial charge in [-0.15, -0.1) is 10.2 Å². The Balaban J connectivity index is 1.39. The molecule has 0 aliphatic rings. The smallest absolute Gasteiger partial charge is 0.295 e. The molecule has 0 aliphatic carbocycles. The van der Waals surface area contributed by atoms with Crippen molar-refractivity contribution >= 4 is 35.0 Å². The van der Waals surface area contributed by atoms with E-state index in [0.29, 0.717) is 22.4 Å². The standard InChI is InChI=1S/C25H27ClN6O3S/c1-15-11-19(12-16(2)22(15)26)35-13-20-28-29-25(30(20)4)36-14-21(33)27-23-17(3)31(5)32(24(23)34)18-9-7-6-8-10-18/h6-12H,13-14H2,1-5H3,(H,27,33). The van der Waals surface area contributed by atoms with E-state index in [-0.39, 0.29) is 29.5 Å². The molecule has 11 heteroatoms. The number of aromatic nitrogens is 5. The van der Waals surface area contributed by atoms with Crippen molar-refractivity contribution in [1.29, 1.82) is 0 Å². The molecule has 2 aromatic heterocycles. The molecule has 0 atom stereocenters. The van der Waals surface area contributed by atoms with Gasteiger partial charge in [0.15, 0.2) is 11.0 Å². The molecule has 2 heterocycles. The molecule has 36 heavy (non-hydrogen) atoms. The number of thioether (sulfide) groups is 1. The van der Waals surface area contributed by atoms with Gasteiger partial charge in [0.25, 0.3) is 5.56 Å². The molecule has 2 aromatic carbocycles. The molecule has 4 aromatic rings. The third kappa shape index (κ3) is 5.19. The number of ether oxygens (including phenoxy) is 1. The summed E-state index contributed by atoms with van der Waals surface area (Å²) in [5.41, 5.74) is 3.23. The Morgan fingerprint density at radius 1 is 1.08 bits per heavy atom. The zero-order chi connectivity index (χ0) is 26.0. The molecule has 4 rings (SSSR count). The van der Waals surface area contributed by atoms with Gasteiger partial charge in [0.2, 0.25) is 5.91 Å². The molecule has 0 aliphatic heterocycles. The Bertz CT molecular complexity index is 1450. The molecule has 188 valence electrons. The van der Waals surface area contributed by atoms with Gasteiger partial charge in [0, 0.05) is 19.1 Å². The highest BCUT2D eigenvalue weighted by Gasteiger charge is 2.19. The van der Waals surface area contributed by atoms with E-state index in [9.17, 15) is 9.59 Å². The first-order valence-electron chi connectivity index (χ1n) is 11.2. The van der Waals surface area contributed by atoms with Crippen LogP contribution in [0.1, 0.15) is 22.6 Å². The van der Waals surface area contributed by atoms with Crippen LogP contribution in [0.4, 0.5) is 5.69 Å². The van der Waals surface area contributed by atoms with Gasteiger partial charge < -0.3 is 14.6 Å². The van der Waals surface area contributed by atoms with E-state index in [0.717, 1.165) is 21.8 Å². The fourth-order valence-corrected chi connectivity index (χ4v) is 4.59. The van der Waals surface area contributed by atoms with Gasteiger partial charge in [-0.05, 0) is 56.2 Å². The van der Waals surface area contributed by atoms with Crippen LogP contribution >= 0.6 is 23.4 Å². The molecule has 1 N–H and O–H groups in total. The third-order valence-electron chi connectivity index (χ3n) is 5.85. The van der Waals surface area contributed by atoms with Crippen LogP contribution in [0.2, 0.25) is 5.02 Å². The third-order valence-corrected chi connectivity index (χ3v) is 7.47. The highest BCUT2D eigenvalue weighted by Crippen LogP contribution is 2.26. The van der Waals surface area contributed by atoms with Crippen molar-refractivity contribution in [3.63, 3.8) is 0 Å². The molecule has 0 saturated heterocycles. The average Bonchev–Trinajstić information content (AvgIpc) is 3.31. The first-order chi connectivity index (χ1) is 17.2. The number of nitrogens with zero attached hydrogens (tertiary/aromatic N) is 5. The maximum atomic E-state index is 13.0. The van der Waals surface area contributed by atoms with Gasteiger partial charge in [-0.3, -0.25) is 14.3 Å². The predicted octanol–water partition coefficient (Wildman–Crippen LogP) is 4.19. The van der Waals surface area contributed by atoms with E-state index in [1.807, 2.05) is 63.4 Å². The summed E-state index contributed by atoms with van der Waals surface area (Å²) in [5, 5.41) is 12.4. The Labute approximate surface area is 218 Å². The number of carbonyl (C=O) groups excluding carboxylic acids is 1. The summed E-state index contributed by atoms with van der Waals surface area (Å²) in [6.45, 7) is 5.87. The summed E-state index contributed by atoms with van der Waals surface area (Å²) >= 11 is 7.46. The summed E-state index contributed by atoms with van der Waals surface area (Å²) in [6, 6.07) is 13.0. The van der Waals surface area contributed by atoms with Crippen molar-refractivity contribution in [3.8, 4) is 11.4 Å². The number of hydrogen-bond donors (Lipinski definition) is 1. The van der Waals surface area contributed by atoms with Crippen LogP contribution in [0.5, 0.6) is 5.75 Å². The van der Waals surface area contributed by atoms with Crippen molar-refractivity contribution in [2.45, 2.75) is 32.5 Å². The predicted molar refractivity (Wildman–Crippen MR) is 141 cm³/mol. The van der Waals surface area contributed by atoms with Gasteiger partial charge in [-0.25, -0.2) is 4.68 Å². The highest BCUT2D eigenvalue weighted by atomic mass is 35.5. The minimum absolute atomic E-state index is 0.0709. The van der Waals surface area contributed by atoms with Crippen LogP contribution in [-0.4, -0.2) is 35.8 Å². The molecule has 0 unspecified atom stereocenters. The van der Waals surface area contributed by atoms with Crippen molar-refractivity contribution < 1.29 is 9.53 Å². The van der Waals surface area contributed by atoms with Crippen LogP contribution < -0.4 is 15.6 Å². The summed E-state index contributed by atoms with van der Waals surface area (Å²) in [6.07, 6.45) is 0. The van der Waals surface area contributed by atoms with Gasteiger partial charge >= 0.3 is 0 Å². The number of nitrogens with one attached hydrogen (secondary N) is 1. The SMILES string of the molecule is Cc1cc(OCc2nnc(SCC(=O)Nc3c(C)n(C)n(-c4ccccc4)c3=O)n2C)cc(C)c1Cl. The number of para-hydroxylation sites is 1. The number of aryl methyl sites for hydroxylation is 2. The molecule has 0 bridgehead atoms. The highest BCUT2D eigenvalue weighted by molar-refractivity contribution is 7.99. The second-order valence-electron chi connectivity index (χ2n) is 8.39. The van der Waals surface area contributed by atoms with Crippen LogP contribution in [0.15, 0.2) is 52.4 Å². The number of amides is 1. The Morgan fingerprint density at radius 2 is 1.75 bits per heavy atom.